The Morgan fingerprint density at radius 2 is 1.78 bits per heavy atom. The molecule has 0 aromatic rings. The first-order chi connectivity index (χ1) is 12.8. The van der Waals surface area contributed by atoms with Crippen molar-refractivity contribution in [3.05, 3.63) is 0 Å². The molecule has 0 aliphatic heterocycles. The van der Waals surface area contributed by atoms with E-state index in [0.717, 1.165) is 32.1 Å². The molecular weight excluding hydrogens is 391 g/mol. The van der Waals surface area contributed by atoms with Crippen LogP contribution in [0, 0.1) is 0 Å². The van der Waals surface area contributed by atoms with Gasteiger partial charge in [-0.25, -0.2) is 4.79 Å². The van der Waals surface area contributed by atoms with Gasteiger partial charge in [0, 0.05) is 32.0 Å². The van der Waals surface area contributed by atoms with E-state index in [9.17, 15) is 14.2 Å². The monoisotopic (exact) mass is 426 g/mol. The maximum absolute atomic E-state index is 11.6. The number of unbranched alkanes of at least 4 members (excludes halogenated alkanes) is 3. The molecule has 0 aliphatic carbocycles. The summed E-state index contributed by atoms with van der Waals surface area (Å²) in [6.45, 7) is 4.94. The van der Waals surface area contributed by atoms with Gasteiger partial charge in [-0.3, -0.25) is 9.36 Å². The maximum atomic E-state index is 11.6. The van der Waals surface area contributed by atoms with Gasteiger partial charge in [0.1, 0.15) is 6.61 Å². The fourth-order valence-corrected chi connectivity index (χ4v) is 2.90. The second-order valence-electron chi connectivity index (χ2n) is 6.20. The van der Waals surface area contributed by atoms with E-state index in [1.807, 2.05) is 6.26 Å². The summed E-state index contributed by atoms with van der Waals surface area (Å²) in [6.07, 6.45) is 6.34. The highest BCUT2D eigenvalue weighted by molar-refractivity contribution is 7.99. The fourth-order valence-electron chi connectivity index (χ4n) is 1.98. The molecule has 0 rings (SSSR count). The van der Waals surface area contributed by atoms with Crippen molar-refractivity contribution in [3.8, 4) is 0 Å². The van der Waals surface area contributed by atoms with Gasteiger partial charge in [0.05, 0.1) is 13.2 Å². The van der Waals surface area contributed by atoms with Crippen molar-refractivity contribution >= 4 is 31.4 Å². The molecule has 27 heavy (non-hydrogen) atoms. The van der Waals surface area contributed by atoms with Crippen molar-refractivity contribution in [2.45, 2.75) is 50.7 Å². The SMILES string of the molecule is COP(C)(=O)OCCCCCCNC(=O)OCCNC(=O)CCC(C)SC. The van der Waals surface area contributed by atoms with E-state index in [4.69, 9.17) is 13.8 Å². The van der Waals surface area contributed by atoms with Crippen LogP contribution in [-0.4, -0.2) is 63.6 Å². The standard InChI is InChI=1S/C17H35N2O6PS/c1-15(27-4)9-10-16(20)18-12-14-24-17(21)19-11-7-5-6-8-13-25-26(3,22)23-2/h15H,5-14H2,1-4H3,(H,18,20)(H,19,21). The molecule has 0 radical (unpaired) electrons. The van der Waals surface area contributed by atoms with Crippen molar-refractivity contribution in [1.29, 1.82) is 0 Å². The van der Waals surface area contributed by atoms with E-state index >= 15 is 0 Å². The molecular formula is C17H35N2O6PS. The van der Waals surface area contributed by atoms with Gasteiger partial charge in [0.25, 0.3) is 0 Å². The summed E-state index contributed by atoms with van der Waals surface area (Å²) >= 11 is 1.74. The number of carbonyl (C=O) groups is 2. The molecule has 0 aromatic heterocycles. The summed E-state index contributed by atoms with van der Waals surface area (Å²) in [7, 11) is -1.51. The molecule has 0 spiro atoms. The number of ether oxygens (including phenoxy) is 1. The first-order valence-electron chi connectivity index (χ1n) is 9.28. The van der Waals surface area contributed by atoms with E-state index in [-0.39, 0.29) is 12.5 Å². The molecule has 2 unspecified atom stereocenters. The third-order valence-electron chi connectivity index (χ3n) is 3.84. The molecule has 2 atom stereocenters. The average molecular weight is 427 g/mol. The first kappa shape index (κ1) is 26.2. The zero-order valence-electron chi connectivity index (χ0n) is 17.0. The molecule has 10 heteroatoms. The Hall–Kier alpha value is -0.760. The summed E-state index contributed by atoms with van der Waals surface area (Å²) in [5, 5.41) is 5.87. The fraction of sp³-hybridized carbons (Fsp3) is 0.882. The lowest BCUT2D eigenvalue weighted by atomic mass is 10.2. The lowest BCUT2D eigenvalue weighted by molar-refractivity contribution is -0.121. The molecule has 0 heterocycles. The van der Waals surface area contributed by atoms with Crippen molar-refractivity contribution in [2.75, 3.05) is 46.3 Å². The van der Waals surface area contributed by atoms with Crippen LogP contribution in [0.4, 0.5) is 4.79 Å². The molecule has 8 nitrogen and oxygen atoms in total. The molecule has 0 saturated carbocycles. The first-order valence-corrected chi connectivity index (χ1v) is 12.6. The zero-order chi connectivity index (χ0) is 20.5. The quantitative estimate of drug-likeness (QED) is 0.288. The number of nitrogens with one attached hydrogen (secondary N) is 2. The third kappa shape index (κ3) is 17.1. The summed E-state index contributed by atoms with van der Waals surface area (Å²) < 4.78 is 26.4. The number of hydrogen-bond donors (Lipinski definition) is 2. The summed E-state index contributed by atoms with van der Waals surface area (Å²) in [4.78, 5) is 23.1. The Labute approximate surface area is 167 Å². The molecule has 0 bridgehead atoms. The third-order valence-corrected chi connectivity index (χ3v) is 6.19. The van der Waals surface area contributed by atoms with Crippen LogP contribution < -0.4 is 10.6 Å². The molecule has 0 aromatic carbocycles. The summed E-state index contributed by atoms with van der Waals surface area (Å²) in [5.41, 5.74) is 0. The van der Waals surface area contributed by atoms with Crippen LogP contribution in [0.2, 0.25) is 0 Å². The molecule has 0 fully saturated rings. The van der Waals surface area contributed by atoms with Crippen molar-refractivity contribution in [3.63, 3.8) is 0 Å². The van der Waals surface area contributed by atoms with Crippen LogP contribution in [0.15, 0.2) is 0 Å². The van der Waals surface area contributed by atoms with Gasteiger partial charge < -0.3 is 24.4 Å². The highest BCUT2D eigenvalue weighted by Crippen LogP contribution is 2.42. The number of carbonyl (C=O) groups excluding carboxylic acids is 2. The van der Waals surface area contributed by atoms with E-state index in [0.29, 0.717) is 31.4 Å². The normalized spacial score (nSPS) is 14.2. The molecule has 2 N–H and O–H groups in total. The van der Waals surface area contributed by atoms with Crippen molar-refractivity contribution in [1.82, 2.24) is 10.6 Å². The van der Waals surface area contributed by atoms with Gasteiger partial charge in [0.15, 0.2) is 0 Å². The Bertz CT molecular complexity index is 467. The number of amides is 2. The van der Waals surface area contributed by atoms with Crippen molar-refractivity contribution in [2.24, 2.45) is 0 Å². The topological polar surface area (TPSA) is 103 Å². The number of hydrogen-bond acceptors (Lipinski definition) is 7. The Balaban J connectivity index is 3.44. The second kappa shape index (κ2) is 16.2. The largest absolute Gasteiger partial charge is 0.448 e. The minimum absolute atomic E-state index is 0.0196. The van der Waals surface area contributed by atoms with Gasteiger partial charge in [-0.1, -0.05) is 19.8 Å². The van der Waals surface area contributed by atoms with E-state index in [1.165, 1.54) is 13.8 Å². The Kier molecular flexibility index (Phi) is 15.8. The highest BCUT2D eigenvalue weighted by atomic mass is 32.2. The van der Waals surface area contributed by atoms with Crippen LogP contribution in [-0.2, 0) is 23.1 Å². The van der Waals surface area contributed by atoms with E-state index in [2.05, 4.69) is 17.6 Å². The highest BCUT2D eigenvalue weighted by Gasteiger charge is 2.13. The maximum Gasteiger partial charge on any atom is 0.407 e. The second-order valence-corrected chi connectivity index (χ2v) is 9.64. The van der Waals surface area contributed by atoms with Gasteiger partial charge in [0.2, 0.25) is 5.91 Å². The van der Waals surface area contributed by atoms with Crippen LogP contribution in [0.3, 0.4) is 0 Å². The number of thioether (sulfide) groups is 1. The summed E-state index contributed by atoms with van der Waals surface area (Å²) in [6, 6.07) is 0. The minimum atomic E-state index is -2.88. The van der Waals surface area contributed by atoms with Crippen LogP contribution in [0.25, 0.3) is 0 Å². The van der Waals surface area contributed by atoms with Crippen LogP contribution >= 0.6 is 19.4 Å². The van der Waals surface area contributed by atoms with Crippen LogP contribution in [0.1, 0.15) is 45.4 Å². The molecule has 160 valence electrons. The predicted molar refractivity (Wildman–Crippen MR) is 110 cm³/mol. The van der Waals surface area contributed by atoms with E-state index < -0.39 is 13.7 Å². The minimum Gasteiger partial charge on any atom is -0.448 e. The lowest BCUT2D eigenvalue weighted by Crippen LogP contribution is -2.31. The van der Waals surface area contributed by atoms with Gasteiger partial charge in [-0.15, -0.1) is 0 Å². The van der Waals surface area contributed by atoms with Gasteiger partial charge in [-0.2, -0.15) is 11.8 Å². The van der Waals surface area contributed by atoms with Gasteiger partial charge in [-0.05, 0) is 25.5 Å². The number of rotatable bonds is 16. The Morgan fingerprint density at radius 1 is 1.07 bits per heavy atom. The number of alkyl carbamates (subject to hydrolysis) is 1. The van der Waals surface area contributed by atoms with E-state index in [1.54, 1.807) is 11.8 Å². The van der Waals surface area contributed by atoms with Crippen molar-refractivity contribution < 1.29 is 27.9 Å². The zero-order valence-corrected chi connectivity index (χ0v) is 18.7. The lowest BCUT2D eigenvalue weighted by Gasteiger charge is -2.11. The van der Waals surface area contributed by atoms with Gasteiger partial charge >= 0.3 is 13.7 Å². The summed E-state index contributed by atoms with van der Waals surface area (Å²) in [5.74, 6) is -0.0196. The Morgan fingerprint density at radius 3 is 2.44 bits per heavy atom. The molecule has 0 saturated heterocycles. The molecule has 2 amide bonds. The smallest absolute Gasteiger partial charge is 0.407 e. The predicted octanol–water partition coefficient (Wildman–Crippen LogP) is 3.41. The van der Waals surface area contributed by atoms with Crippen LogP contribution in [0.5, 0.6) is 0 Å². The average Bonchev–Trinajstić information content (AvgIpc) is 2.65. The molecule has 0 aliphatic rings.